The summed E-state index contributed by atoms with van der Waals surface area (Å²) in [6.07, 6.45) is 0. The summed E-state index contributed by atoms with van der Waals surface area (Å²) in [5, 5.41) is 14.1. The number of hydrogen-bond acceptors (Lipinski definition) is 6. The van der Waals surface area contributed by atoms with E-state index in [1.54, 1.807) is 13.2 Å². The zero-order chi connectivity index (χ0) is 18.7. The van der Waals surface area contributed by atoms with Gasteiger partial charge in [-0.05, 0) is 37.3 Å². The molecule has 3 aromatic rings. The van der Waals surface area contributed by atoms with E-state index in [-0.39, 0.29) is 11.3 Å². The third-order valence-electron chi connectivity index (χ3n) is 3.73. The van der Waals surface area contributed by atoms with Crippen LogP contribution < -0.4 is 10.1 Å². The van der Waals surface area contributed by atoms with E-state index in [1.165, 1.54) is 29.5 Å². The lowest BCUT2D eigenvalue weighted by Gasteiger charge is -2.03. The maximum atomic E-state index is 12.4. The molecule has 1 amide bonds. The number of thiazole rings is 1. The Morgan fingerprint density at radius 1 is 1.19 bits per heavy atom. The molecule has 0 bridgehead atoms. The number of carbonyl (C=O) groups excluding carboxylic acids is 1. The van der Waals surface area contributed by atoms with Gasteiger partial charge in [0.2, 0.25) is 0 Å². The number of hydrogen-bond donors (Lipinski definition) is 1. The highest BCUT2D eigenvalue weighted by Gasteiger charge is 2.20. The van der Waals surface area contributed by atoms with Gasteiger partial charge in [0.1, 0.15) is 11.3 Å². The highest BCUT2D eigenvalue weighted by molar-refractivity contribution is 7.16. The Morgan fingerprint density at radius 2 is 1.88 bits per heavy atom. The highest BCUT2D eigenvalue weighted by Crippen LogP contribution is 2.32. The molecule has 7 nitrogen and oxygen atoms in total. The first-order chi connectivity index (χ1) is 12.5. The lowest BCUT2D eigenvalue weighted by atomic mass is 10.1. The molecule has 0 atom stereocenters. The minimum absolute atomic E-state index is 0.00338. The van der Waals surface area contributed by atoms with Crippen molar-refractivity contribution < 1.29 is 14.5 Å². The van der Waals surface area contributed by atoms with Crippen molar-refractivity contribution in [3.05, 3.63) is 69.1 Å². The average molecular weight is 369 g/mol. The molecule has 0 aliphatic heterocycles. The smallest absolute Gasteiger partial charge is 0.282 e. The second kappa shape index (κ2) is 7.32. The molecule has 3 rings (SSSR count). The Kier molecular flexibility index (Phi) is 4.94. The van der Waals surface area contributed by atoms with Gasteiger partial charge in [0.05, 0.1) is 17.7 Å². The van der Waals surface area contributed by atoms with Crippen LogP contribution in [0.1, 0.15) is 15.2 Å². The minimum atomic E-state index is -0.579. The first-order valence-electron chi connectivity index (χ1n) is 7.66. The number of anilines is 1. The van der Waals surface area contributed by atoms with Crippen LogP contribution in [-0.4, -0.2) is 22.9 Å². The van der Waals surface area contributed by atoms with Crippen molar-refractivity contribution in [2.45, 2.75) is 6.92 Å². The van der Waals surface area contributed by atoms with Gasteiger partial charge in [0.25, 0.3) is 11.6 Å². The van der Waals surface area contributed by atoms with E-state index in [4.69, 9.17) is 4.74 Å². The predicted octanol–water partition coefficient (Wildman–Crippen LogP) is 4.29. The molecule has 8 heteroatoms. The number of amides is 1. The maximum Gasteiger partial charge on any atom is 0.282 e. The van der Waals surface area contributed by atoms with Crippen molar-refractivity contribution in [1.29, 1.82) is 0 Å². The Bertz CT molecular complexity index is 967. The molecule has 0 unspecified atom stereocenters. The summed E-state index contributed by atoms with van der Waals surface area (Å²) >= 11 is 1.31. The summed E-state index contributed by atoms with van der Waals surface area (Å²) in [5.74, 6) is 0.180. The third-order valence-corrected chi connectivity index (χ3v) is 4.61. The van der Waals surface area contributed by atoms with Gasteiger partial charge < -0.3 is 4.74 Å². The molecule has 0 saturated heterocycles. The zero-order valence-corrected chi connectivity index (χ0v) is 14.9. The lowest BCUT2D eigenvalue weighted by molar-refractivity contribution is -0.385. The number of nitrogens with zero attached hydrogens (tertiary/aromatic N) is 2. The summed E-state index contributed by atoms with van der Waals surface area (Å²) in [6, 6.07) is 13.2. The fourth-order valence-corrected chi connectivity index (χ4v) is 3.29. The number of nitro benzene ring substituents is 1. The van der Waals surface area contributed by atoms with Gasteiger partial charge in [0, 0.05) is 16.5 Å². The average Bonchev–Trinajstić information content (AvgIpc) is 3.01. The van der Waals surface area contributed by atoms with E-state index in [1.807, 2.05) is 31.2 Å². The van der Waals surface area contributed by atoms with Gasteiger partial charge >= 0.3 is 0 Å². The lowest BCUT2D eigenvalue weighted by Crippen LogP contribution is -2.13. The SMILES string of the molecule is COc1ccc(-c2nc(NC(=O)c3ccccc3[N+](=O)[O-])sc2C)cc1. The number of nitro groups is 1. The zero-order valence-electron chi connectivity index (χ0n) is 14.1. The number of para-hydroxylation sites is 1. The molecule has 0 aliphatic carbocycles. The summed E-state index contributed by atoms with van der Waals surface area (Å²) < 4.78 is 5.14. The molecule has 0 saturated carbocycles. The molecule has 26 heavy (non-hydrogen) atoms. The van der Waals surface area contributed by atoms with Crippen molar-refractivity contribution in [1.82, 2.24) is 4.98 Å². The summed E-state index contributed by atoms with van der Waals surface area (Å²) in [6.45, 7) is 1.90. The monoisotopic (exact) mass is 369 g/mol. The van der Waals surface area contributed by atoms with Crippen LogP contribution in [-0.2, 0) is 0 Å². The number of ether oxygens (including phenoxy) is 1. The third kappa shape index (κ3) is 3.55. The van der Waals surface area contributed by atoms with Crippen LogP contribution in [0.5, 0.6) is 5.75 Å². The highest BCUT2D eigenvalue weighted by atomic mass is 32.1. The second-order valence-electron chi connectivity index (χ2n) is 5.38. The summed E-state index contributed by atoms with van der Waals surface area (Å²) in [5.41, 5.74) is 1.39. The van der Waals surface area contributed by atoms with E-state index < -0.39 is 10.8 Å². The van der Waals surface area contributed by atoms with E-state index >= 15 is 0 Å². The molecule has 2 aromatic carbocycles. The Hall–Kier alpha value is -3.26. The number of nitrogens with one attached hydrogen (secondary N) is 1. The van der Waals surface area contributed by atoms with Crippen molar-refractivity contribution in [3.8, 4) is 17.0 Å². The number of benzene rings is 2. The maximum absolute atomic E-state index is 12.4. The summed E-state index contributed by atoms with van der Waals surface area (Å²) in [7, 11) is 1.60. The van der Waals surface area contributed by atoms with Gasteiger partial charge in [-0.15, -0.1) is 11.3 Å². The molecule has 0 aliphatic rings. The Morgan fingerprint density at radius 3 is 2.54 bits per heavy atom. The van der Waals surface area contributed by atoms with Crippen molar-refractivity contribution in [3.63, 3.8) is 0 Å². The molecule has 0 spiro atoms. The molecule has 0 radical (unpaired) electrons. The molecule has 0 fully saturated rings. The van der Waals surface area contributed by atoms with Crippen LogP contribution in [0.15, 0.2) is 48.5 Å². The van der Waals surface area contributed by atoms with Gasteiger partial charge in [0.15, 0.2) is 5.13 Å². The topological polar surface area (TPSA) is 94.4 Å². The van der Waals surface area contributed by atoms with Gasteiger partial charge in [-0.1, -0.05) is 12.1 Å². The fraction of sp³-hybridized carbons (Fsp3) is 0.111. The number of aromatic nitrogens is 1. The minimum Gasteiger partial charge on any atom is -0.497 e. The first-order valence-corrected chi connectivity index (χ1v) is 8.48. The van der Waals surface area contributed by atoms with Gasteiger partial charge in [-0.25, -0.2) is 4.98 Å². The molecule has 132 valence electrons. The van der Waals surface area contributed by atoms with Crippen LogP contribution in [0.2, 0.25) is 0 Å². The van der Waals surface area contributed by atoms with Gasteiger partial charge in [-0.2, -0.15) is 0 Å². The Balaban J connectivity index is 1.85. The number of carbonyl (C=O) groups is 1. The van der Waals surface area contributed by atoms with E-state index in [0.717, 1.165) is 21.9 Å². The standard InChI is InChI=1S/C18H15N3O4S/c1-11-16(12-7-9-13(25-2)10-8-12)19-18(26-11)20-17(22)14-5-3-4-6-15(14)21(23)24/h3-10H,1-2H3,(H,19,20,22). The molecule has 1 heterocycles. The number of methoxy groups -OCH3 is 1. The predicted molar refractivity (Wildman–Crippen MR) is 99.9 cm³/mol. The first kappa shape index (κ1) is 17.6. The molecular weight excluding hydrogens is 354 g/mol. The number of rotatable bonds is 5. The van der Waals surface area contributed by atoms with Gasteiger partial charge in [-0.3, -0.25) is 20.2 Å². The normalized spacial score (nSPS) is 10.4. The fourth-order valence-electron chi connectivity index (χ4n) is 2.46. The Labute approximate surface area is 153 Å². The van der Waals surface area contributed by atoms with E-state index in [9.17, 15) is 14.9 Å². The van der Waals surface area contributed by atoms with Crippen LogP contribution >= 0.6 is 11.3 Å². The quantitative estimate of drug-likeness (QED) is 0.535. The van der Waals surface area contributed by atoms with Crippen molar-refractivity contribution in [2.24, 2.45) is 0 Å². The van der Waals surface area contributed by atoms with Crippen molar-refractivity contribution >= 4 is 28.1 Å². The van der Waals surface area contributed by atoms with E-state index in [0.29, 0.717) is 5.13 Å². The van der Waals surface area contributed by atoms with Crippen LogP contribution in [0.25, 0.3) is 11.3 Å². The van der Waals surface area contributed by atoms with Crippen LogP contribution in [0.3, 0.4) is 0 Å². The molecule has 1 N–H and O–H groups in total. The molecular formula is C18H15N3O4S. The largest absolute Gasteiger partial charge is 0.497 e. The van der Waals surface area contributed by atoms with Crippen LogP contribution in [0.4, 0.5) is 10.8 Å². The van der Waals surface area contributed by atoms with E-state index in [2.05, 4.69) is 10.3 Å². The second-order valence-corrected chi connectivity index (χ2v) is 6.58. The van der Waals surface area contributed by atoms with Crippen LogP contribution in [0, 0.1) is 17.0 Å². The molecule has 1 aromatic heterocycles. The summed E-state index contributed by atoms with van der Waals surface area (Å²) in [4.78, 5) is 28.3. The van der Waals surface area contributed by atoms with Crippen molar-refractivity contribution in [2.75, 3.05) is 12.4 Å². The number of aryl methyl sites for hydroxylation is 1.